The van der Waals surface area contributed by atoms with Crippen molar-refractivity contribution in [3.8, 4) is 0 Å². The molecule has 1 saturated heterocycles. The molecule has 2 N–H and O–H groups in total. The Hall–Kier alpha value is -0.163. The van der Waals surface area contributed by atoms with E-state index in [-0.39, 0.29) is 0 Å². The highest BCUT2D eigenvalue weighted by molar-refractivity contribution is 6.55. The summed E-state index contributed by atoms with van der Waals surface area (Å²) < 4.78 is 5.30. The van der Waals surface area contributed by atoms with Gasteiger partial charge in [0, 0.05) is 6.61 Å². The first-order valence-corrected chi connectivity index (χ1v) is 5.73. The van der Waals surface area contributed by atoms with Gasteiger partial charge in [0.15, 0.2) is 5.41 Å². The van der Waals surface area contributed by atoms with Crippen LogP contribution >= 0.6 is 0 Å². The van der Waals surface area contributed by atoms with Crippen molar-refractivity contribution in [2.75, 3.05) is 6.61 Å². The molecule has 1 heterocycles. The van der Waals surface area contributed by atoms with Gasteiger partial charge in [-0.15, -0.1) is 0 Å². The Morgan fingerprint density at radius 3 is 2.64 bits per heavy atom. The number of aliphatic hydroxyl groups is 2. The van der Waals surface area contributed by atoms with Crippen molar-refractivity contribution in [3.63, 3.8) is 0 Å². The van der Waals surface area contributed by atoms with Crippen LogP contribution in [0.4, 0.5) is 0 Å². The van der Waals surface area contributed by atoms with Gasteiger partial charge in [-0.3, -0.25) is 0 Å². The molecule has 0 aromatic rings. The summed E-state index contributed by atoms with van der Waals surface area (Å²) in [5.41, 5.74) is -1.71. The molecule has 0 aliphatic carbocycles. The molecule has 1 fully saturated rings. The van der Waals surface area contributed by atoms with Gasteiger partial charge >= 0.3 is 0 Å². The molecule has 11 heavy (non-hydrogen) atoms. The van der Waals surface area contributed by atoms with E-state index in [9.17, 15) is 10.2 Å². The van der Waals surface area contributed by atoms with Gasteiger partial charge in [-0.2, -0.15) is 0 Å². The Morgan fingerprint density at radius 1 is 1.45 bits per heavy atom. The van der Waals surface area contributed by atoms with E-state index in [1.807, 2.05) is 0 Å². The molecule has 4 heteroatoms. The molecule has 0 amide bonds. The fraction of sp³-hybridized carbons (Fsp3) is 0.714. The molecule has 64 valence electrons. The number of rotatable bonds is 2. The SMILES string of the molecule is C=CC(O)(O)[SiH]1CCCCO1. The van der Waals surface area contributed by atoms with Crippen LogP contribution in [0.2, 0.25) is 6.04 Å². The Bertz CT molecular complexity index is 141. The van der Waals surface area contributed by atoms with Crippen molar-refractivity contribution >= 4 is 9.04 Å². The van der Waals surface area contributed by atoms with Crippen molar-refractivity contribution in [3.05, 3.63) is 12.7 Å². The van der Waals surface area contributed by atoms with E-state index < -0.39 is 14.5 Å². The lowest BCUT2D eigenvalue weighted by molar-refractivity contribution is -0.0642. The second-order valence-corrected chi connectivity index (χ2v) is 5.58. The number of hydrogen-bond donors (Lipinski definition) is 2. The van der Waals surface area contributed by atoms with Gasteiger partial charge in [-0.25, -0.2) is 0 Å². The summed E-state index contributed by atoms with van der Waals surface area (Å²) in [7, 11) is -1.84. The van der Waals surface area contributed by atoms with Gasteiger partial charge in [-0.1, -0.05) is 13.0 Å². The minimum Gasteiger partial charge on any atom is -0.413 e. The standard InChI is InChI=1S/C7H14O3Si/c1-2-7(8,9)11-6-4-3-5-10-11/h2,8-9,11H,1,3-6H2. The summed E-state index contributed by atoms with van der Waals surface area (Å²) in [6, 6.07) is 0.832. The van der Waals surface area contributed by atoms with Crippen LogP contribution in [0.5, 0.6) is 0 Å². The molecule has 0 bridgehead atoms. The Labute approximate surface area is 68.0 Å². The van der Waals surface area contributed by atoms with E-state index in [0.717, 1.165) is 18.9 Å². The van der Waals surface area contributed by atoms with E-state index in [1.54, 1.807) is 0 Å². The zero-order valence-electron chi connectivity index (χ0n) is 6.49. The van der Waals surface area contributed by atoms with E-state index in [2.05, 4.69) is 6.58 Å². The third-order valence-corrected chi connectivity index (χ3v) is 4.71. The molecule has 0 spiro atoms. The highest BCUT2D eigenvalue weighted by Crippen LogP contribution is 2.19. The molecular formula is C7H14O3Si. The van der Waals surface area contributed by atoms with Gasteiger partial charge in [0.1, 0.15) is 0 Å². The lowest BCUT2D eigenvalue weighted by Gasteiger charge is -2.29. The fourth-order valence-corrected chi connectivity index (χ4v) is 3.42. The molecule has 0 aromatic heterocycles. The minimum atomic E-state index is -1.84. The molecule has 3 nitrogen and oxygen atoms in total. The van der Waals surface area contributed by atoms with Crippen LogP contribution in [-0.2, 0) is 4.43 Å². The first-order chi connectivity index (χ1) is 5.17. The first kappa shape index (κ1) is 8.93. The molecule has 1 unspecified atom stereocenters. The van der Waals surface area contributed by atoms with Gasteiger partial charge < -0.3 is 14.6 Å². The Kier molecular flexibility index (Phi) is 2.83. The molecule has 0 saturated carbocycles. The van der Waals surface area contributed by atoms with Gasteiger partial charge in [-0.05, 0) is 18.5 Å². The molecular weight excluding hydrogens is 160 g/mol. The van der Waals surface area contributed by atoms with Gasteiger partial charge in [0.25, 0.3) is 0 Å². The smallest absolute Gasteiger partial charge is 0.247 e. The van der Waals surface area contributed by atoms with Crippen molar-refractivity contribution in [1.82, 2.24) is 0 Å². The Morgan fingerprint density at radius 2 is 2.18 bits per heavy atom. The third kappa shape index (κ3) is 2.13. The molecule has 1 rings (SSSR count). The number of hydrogen-bond acceptors (Lipinski definition) is 3. The van der Waals surface area contributed by atoms with E-state index in [1.165, 1.54) is 6.08 Å². The first-order valence-electron chi connectivity index (χ1n) is 3.87. The zero-order chi connectivity index (χ0) is 8.32. The molecule has 0 aromatic carbocycles. The molecule has 1 atom stereocenters. The van der Waals surface area contributed by atoms with Crippen LogP contribution in [0.3, 0.4) is 0 Å². The van der Waals surface area contributed by atoms with Crippen molar-refractivity contribution in [2.24, 2.45) is 0 Å². The summed E-state index contributed by atoms with van der Waals surface area (Å²) >= 11 is 0. The predicted octanol–water partition coefficient (Wildman–Crippen LogP) is -0.0733. The van der Waals surface area contributed by atoms with Crippen LogP contribution in [-0.4, -0.2) is 31.3 Å². The highest BCUT2D eigenvalue weighted by Gasteiger charge is 2.35. The topological polar surface area (TPSA) is 49.7 Å². The van der Waals surface area contributed by atoms with Crippen molar-refractivity contribution < 1.29 is 14.6 Å². The normalized spacial score (nSPS) is 26.5. The van der Waals surface area contributed by atoms with Crippen LogP contribution in [0.1, 0.15) is 12.8 Å². The maximum absolute atomic E-state index is 9.32. The summed E-state index contributed by atoms with van der Waals surface area (Å²) in [4.78, 5) is 0. The maximum Gasteiger partial charge on any atom is 0.247 e. The van der Waals surface area contributed by atoms with E-state index in [0.29, 0.717) is 6.61 Å². The van der Waals surface area contributed by atoms with Gasteiger partial charge in [0.05, 0.1) is 0 Å². The van der Waals surface area contributed by atoms with Crippen LogP contribution < -0.4 is 0 Å². The highest BCUT2D eigenvalue weighted by atomic mass is 28.3. The second kappa shape index (κ2) is 3.49. The molecule has 1 aliphatic rings. The maximum atomic E-state index is 9.32. The van der Waals surface area contributed by atoms with Gasteiger partial charge in [0.2, 0.25) is 9.04 Å². The quantitative estimate of drug-likeness (QED) is 0.350. The minimum absolute atomic E-state index is 0.674. The average Bonchev–Trinajstić information content (AvgIpc) is 2.06. The lowest BCUT2D eigenvalue weighted by atomic mass is 10.4. The zero-order valence-corrected chi connectivity index (χ0v) is 7.65. The average molecular weight is 174 g/mol. The van der Waals surface area contributed by atoms with E-state index >= 15 is 0 Å². The molecule has 0 radical (unpaired) electrons. The van der Waals surface area contributed by atoms with Crippen molar-refractivity contribution in [1.29, 1.82) is 0 Å². The van der Waals surface area contributed by atoms with Crippen LogP contribution in [0, 0.1) is 0 Å². The summed E-state index contributed by atoms with van der Waals surface area (Å²) in [6.45, 7) is 4.04. The van der Waals surface area contributed by atoms with Crippen molar-refractivity contribution in [2.45, 2.75) is 24.3 Å². The summed E-state index contributed by atoms with van der Waals surface area (Å²) in [6.07, 6.45) is 3.26. The largest absolute Gasteiger partial charge is 0.413 e. The summed E-state index contributed by atoms with van der Waals surface area (Å²) in [5.74, 6) is 0. The van der Waals surface area contributed by atoms with Crippen LogP contribution in [0.25, 0.3) is 0 Å². The summed E-state index contributed by atoms with van der Waals surface area (Å²) in [5, 5.41) is 18.6. The molecule has 1 aliphatic heterocycles. The lowest BCUT2D eigenvalue weighted by Crippen LogP contribution is -2.47. The Balaban J connectivity index is 2.50. The monoisotopic (exact) mass is 174 g/mol. The van der Waals surface area contributed by atoms with E-state index in [4.69, 9.17) is 4.43 Å². The van der Waals surface area contributed by atoms with Crippen LogP contribution in [0.15, 0.2) is 12.7 Å². The fourth-order valence-electron chi connectivity index (χ4n) is 1.21. The predicted molar refractivity (Wildman–Crippen MR) is 44.5 cm³/mol. The third-order valence-electron chi connectivity index (χ3n) is 1.95. The second-order valence-electron chi connectivity index (χ2n) is 2.84.